The highest BCUT2D eigenvalue weighted by molar-refractivity contribution is 9.11. The highest BCUT2D eigenvalue weighted by Crippen LogP contribution is 2.15. The third-order valence-electron chi connectivity index (χ3n) is 1.02. The Balaban J connectivity index is 3.63. The Hall–Kier alpha value is 0.700. The van der Waals surface area contributed by atoms with Crippen molar-refractivity contribution in [2.45, 2.75) is 25.1 Å². The molecule has 1 unspecified atom stereocenters. The van der Waals surface area contributed by atoms with E-state index in [4.69, 9.17) is 0 Å². The molecule has 0 aliphatic heterocycles. The van der Waals surface area contributed by atoms with Crippen LogP contribution in [0, 0.1) is 0 Å². The van der Waals surface area contributed by atoms with E-state index in [0.717, 1.165) is 6.42 Å². The van der Waals surface area contributed by atoms with E-state index in [1.165, 1.54) is 5.57 Å². The van der Waals surface area contributed by atoms with E-state index in [9.17, 15) is 0 Å². The molecule has 0 heterocycles. The van der Waals surface area contributed by atoms with Gasteiger partial charge in [0, 0.05) is 4.83 Å². The predicted molar refractivity (Wildman–Crippen MR) is 45.7 cm³/mol. The first-order valence-corrected chi connectivity index (χ1v) is 4.46. The first-order chi connectivity index (χ1) is 3.72. The minimum Gasteiger partial charge on any atom is -0.0842 e. The van der Waals surface area contributed by atoms with Gasteiger partial charge in [-0.05, 0) is 18.3 Å². The third kappa shape index (κ3) is 2.88. The molecule has 1 atom stereocenters. The van der Waals surface area contributed by atoms with E-state index in [1.54, 1.807) is 0 Å². The minimum absolute atomic E-state index is 0.543. The Morgan fingerprint density at radius 1 is 1.75 bits per heavy atom. The minimum atomic E-state index is 0.543. The first kappa shape index (κ1) is 8.70. The summed E-state index contributed by atoms with van der Waals surface area (Å²) in [6, 6.07) is 0. The van der Waals surface area contributed by atoms with Crippen LogP contribution in [0.2, 0.25) is 0 Å². The highest BCUT2D eigenvalue weighted by Gasteiger charge is 1.99. The summed E-state index contributed by atoms with van der Waals surface area (Å²) in [7, 11) is 0. The van der Waals surface area contributed by atoms with Crippen molar-refractivity contribution >= 4 is 31.9 Å². The summed E-state index contributed by atoms with van der Waals surface area (Å²) in [5.41, 5.74) is 1.34. The van der Waals surface area contributed by atoms with E-state index >= 15 is 0 Å². The molecule has 0 fully saturated rings. The van der Waals surface area contributed by atoms with Crippen molar-refractivity contribution < 1.29 is 0 Å². The number of hydrogen-bond donors (Lipinski definition) is 0. The van der Waals surface area contributed by atoms with Crippen molar-refractivity contribution in [3.05, 3.63) is 10.6 Å². The standard InChI is InChI=1S/C6H10Br2/c1-3-6(8)5(2)4-7/h4,6H,3H2,1-2H3. The maximum atomic E-state index is 3.50. The lowest BCUT2D eigenvalue weighted by Crippen LogP contribution is -1.94. The van der Waals surface area contributed by atoms with Gasteiger partial charge in [0.1, 0.15) is 0 Å². The van der Waals surface area contributed by atoms with E-state index in [-0.39, 0.29) is 0 Å². The van der Waals surface area contributed by atoms with Crippen LogP contribution in [0.25, 0.3) is 0 Å². The third-order valence-corrected chi connectivity index (χ3v) is 3.12. The lowest BCUT2D eigenvalue weighted by molar-refractivity contribution is 0.942. The molecule has 0 N–H and O–H groups in total. The van der Waals surface area contributed by atoms with Gasteiger partial charge in [-0.1, -0.05) is 44.4 Å². The summed E-state index contributed by atoms with van der Waals surface area (Å²) < 4.78 is 0. The van der Waals surface area contributed by atoms with Crippen LogP contribution in [0.3, 0.4) is 0 Å². The molecule has 0 rings (SSSR count). The SMILES string of the molecule is CCC(Br)C(C)=CBr. The average molecular weight is 242 g/mol. The molecule has 2 heteroatoms. The molecule has 0 aromatic rings. The van der Waals surface area contributed by atoms with Gasteiger partial charge in [-0.15, -0.1) is 0 Å². The van der Waals surface area contributed by atoms with Crippen LogP contribution in [0.5, 0.6) is 0 Å². The van der Waals surface area contributed by atoms with Gasteiger partial charge >= 0.3 is 0 Å². The smallest absolute Gasteiger partial charge is 0.0357 e. The Kier molecular flexibility index (Phi) is 4.97. The fourth-order valence-corrected chi connectivity index (χ4v) is 1.20. The monoisotopic (exact) mass is 240 g/mol. The molecule has 0 aromatic carbocycles. The van der Waals surface area contributed by atoms with E-state index < -0.39 is 0 Å². The molecule has 48 valence electrons. The molecule has 0 saturated carbocycles. The summed E-state index contributed by atoms with van der Waals surface area (Å²) in [4.78, 5) is 2.50. The lowest BCUT2D eigenvalue weighted by atomic mass is 10.2. The summed E-state index contributed by atoms with van der Waals surface area (Å²) in [6.07, 6.45) is 1.15. The molecule has 0 bridgehead atoms. The van der Waals surface area contributed by atoms with Gasteiger partial charge in [0.15, 0.2) is 0 Å². The molecule has 0 aliphatic carbocycles. The summed E-state index contributed by atoms with van der Waals surface area (Å²) in [5, 5.41) is 0. The zero-order valence-electron chi connectivity index (χ0n) is 5.12. The van der Waals surface area contributed by atoms with Crippen LogP contribution < -0.4 is 0 Å². The molecule has 0 amide bonds. The highest BCUT2D eigenvalue weighted by atomic mass is 79.9. The summed E-state index contributed by atoms with van der Waals surface area (Å²) >= 11 is 6.77. The molecule has 0 aliphatic rings. The van der Waals surface area contributed by atoms with Crippen LogP contribution in [0.4, 0.5) is 0 Å². The average Bonchev–Trinajstić information content (AvgIpc) is 1.84. The normalized spacial score (nSPS) is 16.2. The van der Waals surface area contributed by atoms with Crippen LogP contribution >= 0.6 is 31.9 Å². The Morgan fingerprint density at radius 3 is 2.38 bits per heavy atom. The predicted octanol–water partition coefficient (Wildman–Crippen LogP) is 3.46. The van der Waals surface area contributed by atoms with Crippen molar-refractivity contribution in [3.8, 4) is 0 Å². The van der Waals surface area contributed by atoms with Crippen molar-refractivity contribution in [3.63, 3.8) is 0 Å². The van der Waals surface area contributed by atoms with Gasteiger partial charge in [-0.25, -0.2) is 0 Å². The van der Waals surface area contributed by atoms with E-state index in [1.807, 2.05) is 4.99 Å². The number of rotatable bonds is 2. The second-order valence-electron chi connectivity index (χ2n) is 1.73. The first-order valence-electron chi connectivity index (χ1n) is 2.63. The second-order valence-corrected chi connectivity index (χ2v) is 3.29. The molecule has 0 saturated heterocycles. The molecule has 0 spiro atoms. The van der Waals surface area contributed by atoms with Gasteiger partial charge in [0.25, 0.3) is 0 Å². The number of halogens is 2. The van der Waals surface area contributed by atoms with E-state index in [2.05, 4.69) is 45.7 Å². The van der Waals surface area contributed by atoms with Crippen molar-refractivity contribution in [2.24, 2.45) is 0 Å². The maximum Gasteiger partial charge on any atom is 0.0357 e. The Morgan fingerprint density at radius 2 is 2.25 bits per heavy atom. The number of allylic oxidation sites excluding steroid dienone is 1. The van der Waals surface area contributed by atoms with Gasteiger partial charge in [-0.2, -0.15) is 0 Å². The van der Waals surface area contributed by atoms with Gasteiger partial charge < -0.3 is 0 Å². The largest absolute Gasteiger partial charge is 0.0842 e. The van der Waals surface area contributed by atoms with Crippen LogP contribution in [-0.2, 0) is 0 Å². The van der Waals surface area contributed by atoms with Crippen LogP contribution in [0.1, 0.15) is 20.3 Å². The van der Waals surface area contributed by atoms with Gasteiger partial charge in [0.2, 0.25) is 0 Å². The van der Waals surface area contributed by atoms with Gasteiger partial charge in [-0.3, -0.25) is 0 Å². The second kappa shape index (κ2) is 4.57. The Bertz CT molecular complexity index is 86.5. The zero-order valence-corrected chi connectivity index (χ0v) is 8.29. The van der Waals surface area contributed by atoms with Crippen molar-refractivity contribution in [1.82, 2.24) is 0 Å². The van der Waals surface area contributed by atoms with Gasteiger partial charge in [0.05, 0.1) is 0 Å². The van der Waals surface area contributed by atoms with Crippen molar-refractivity contribution in [2.75, 3.05) is 0 Å². The number of alkyl halides is 1. The zero-order chi connectivity index (χ0) is 6.57. The molecule has 0 aromatic heterocycles. The topological polar surface area (TPSA) is 0 Å². The summed E-state index contributed by atoms with van der Waals surface area (Å²) in [5.74, 6) is 0. The fraction of sp³-hybridized carbons (Fsp3) is 0.667. The van der Waals surface area contributed by atoms with Crippen LogP contribution in [-0.4, -0.2) is 4.83 Å². The van der Waals surface area contributed by atoms with Crippen LogP contribution in [0.15, 0.2) is 10.6 Å². The fourth-order valence-electron chi connectivity index (χ4n) is 0.390. The molecular weight excluding hydrogens is 232 g/mol. The van der Waals surface area contributed by atoms with E-state index in [0.29, 0.717) is 4.83 Å². The van der Waals surface area contributed by atoms with Crippen molar-refractivity contribution in [1.29, 1.82) is 0 Å². The Labute approximate surface area is 67.6 Å². The molecule has 0 nitrogen and oxygen atoms in total. The quantitative estimate of drug-likeness (QED) is 0.650. The molecule has 0 radical (unpaired) electrons. The number of hydrogen-bond acceptors (Lipinski definition) is 0. The summed E-state index contributed by atoms with van der Waals surface area (Å²) in [6.45, 7) is 4.25. The molecular formula is C6H10Br2. The lowest BCUT2D eigenvalue weighted by Gasteiger charge is -2.03. The maximum absolute atomic E-state index is 3.50. The molecule has 8 heavy (non-hydrogen) atoms.